The van der Waals surface area contributed by atoms with Crippen LogP contribution >= 0.6 is 11.8 Å². The fourth-order valence-corrected chi connectivity index (χ4v) is 3.52. The number of benzene rings is 1. The van der Waals surface area contributed by atoms with Crippen molar-refractivity contribution in [2.75, 3.05) is 36.5 Å². The van der Waals surface area contributed by atoms with Gasteiger partial charge in [-0.25, -0.2) is 0 Å². The van der Waals surface area contributed by atoms with Crippen LogP contribution in [0.4, 0.5) is 5.69 Å². The van der Waals surface area contributed by atoms with E-state index in [1.54, 1.807) is 0 Å². The molecule has 0 saturated carbocycles. The van der Waals surface area contributed by atoms with Crippen LogP contribution in [0.1, 0.15) is 25.3 Å². The van der Waals surface area contributed by atoms with Crippen LogP contribution in [-0.2, 0) is 11.2 Å². The summed E-state index contributed by atoms with van der Waals surface area (Å²) in [6.45, 7) is 5.55. The minimum absolute atomic E-state index is 0.0968. The lowest BCUT2D eigenvalue weighted by Gasteiger charge is -2.26. The topological polar surface area (TPSA) is 58.4 Å². The lowest BCUT2D eigenvalue weighted by atomic mass is 10.1. The van der Waals surface area contributed by atoms with Gasteiger partial charge >= 0.3 is 0 Å². The van der Waals surface area contributed by atoms with Gasteiger partial charge in [0.2, 0.25) is 5.91 Å². The molecule has 1 unspecified atom stereocenters. The minimum atomic E-state index is -0.415. The van der Waals surface area contributed by atoms with E-state index in [0.29, 0.717) is 0 Å². The molecule has 0 radical (unpaired) electrons. The van der Waals surface area contributed by atoms with E-state index >= 15 is 0 Å². The number of carbonyl (C=O) groups excluding carboxylic acids is 1. The van der Waals surface area contributed by atoms with Crippen molar-refractivity contribution in [3.05, 3.63) is 29.8 Å². The van der Waals surface area contributed by atoms with Crippen molar-refractivity contribution in [1.29, 1.82) is 0 Å². The largest absolute Gasteiger partial charge is 0.325 e. The molecule has 1 aliphatic heterocycles. The monoisotopic (exact) mass is 321 g/mol. The van der Waals surface area contributed by atoms with Gasteiger partial charge in [-0.05, 0) is 30.5 Å². The fourth-order valence-electron chi connectivity index (χ4n) is 2.54. The molecule has 1 fully saturated rings. The number of nitrogens with one attached hydrogen (secondary N) is 1. The molecule has 22 heavy (non-hydrogen) atoms. The summed E-state index contributed by atoms with van der Waals surface area (Å²) in [5, 5.41) is 2.88. The van der Waals surface area contributed by atoms with Crippen molar-refractivity contribution in [2.45, 2.75) is 32.2 Å². The van der Waals surface area contributed by atoms with Crippen molar-refractivity contribution in [1.82, 2.24) is 4.90 Å². The molecule has 1 aromatic carbocycles. The quantitative estimate of drug-likeness (QED) is 0.809. The van der Waals surface area contributed by atoms with E-state index in [4.69, 9.17) is 5.73 Å². The summed E-state index contributed by atoms with van der Waals surface area (Å²) in [6.07, 6.45) is 2.70. The predicted octanol–water partition coefficient (Wildman–Crippen LogP) is 2.34. The summed E-state index contributed by atoms with van der Waals surface area (Å²) < 4.78 is 0. The lowest BCUT2D eigenvalue weighted by molar-refractivity contribution is -0.117. The van der Waals surface area contributed by atoms with Crippen molar-refractivity contribution in [3.8, 4) is 0 Å². The molecule has 1 amide bonds. The second kappa shape index (κ2) is 9.18. The molecule has 0 aliphatic carbocycles. The molecular formula is C17H27N3OS. The molecular weight excluding hydrogens is 294 g/mol. The SMILES string of the molecule is CCCC(N)C(=O)Nc1ccc(CCN2CCSCC2)cc1. The molecule has 1 atom stereocenters. The number of hydrogen-bond acceptors (Lipinski definition) is 4. The highest BCUT2D eigenvalue weighted by molar-refractivity contribution is 7.99. The zero-order valence-electron chi connectivity index (χ0n) is 13.4. The highest BCUT2D eigenvalue weighted by atomic mass is 32.2. The standard InChI is InChI=1S/C17H27N3OS/c1-2-3-16(18)17(21)19-15-6-4-14(5-7-15)8-9-20-10-12-22-13-11-20/h4-7,16H,2-3,8-13,18H2,1H3,(H,19,21). The molecule has 1 aliphatic rings. The molecule has 0 aromatic heterocycles. The summed E-state index contributed by atoms with van der Waals surface area (Å²) in [4.78, 5) is 14.4. The highest BCUT2D eigenvalue weighted by Gasteiger charge is 2.12. The van der Waals surface area contributed by atoms with Gasteiger partial charge in [0.25, 0.3) is 0 Å². The average Bonchev–Trinajstić information content (AvgIpc) is 2.55. The summed E-state index contributed by atoms with van der Waals surface area (Å²) in [5.41, 5.74) is 7.96. The van der Waals surface area contributed by atoms with Gasteiger partial charge in [-0.3, -0.25) is 4.79 Å². The van der Waals surface area contributed by atoms with Crippen LogP contribution < -0.4 is 11.1 Å². The number of rotatable bonds is 7. The van der Waals surface area contributed by atoms with Crippen molar-refractivity contribution in [3.63, 3.8) is 0 Å². The van der Waals surface area contributed by atoms with E-state index in [1.807, 2.05) is 30.8 Å². The van der Waals surface area contributed by atoms with Gasteiger partial charge in [-0.2, -0.15) is 11.8 Å². The van der Waals surface area contributed by atoms with Crippen LogP contribution in [0.15, 0.2) is 24.3 Å². The fraction of sp³-hybridized carbons (Fsp3) is 0.588. The first-order valence-corrected chi connectivity index (χ1v) is 9.30. The Morgan fingerprint density at radius 3 is 2.64 bits per heavy atom. The zero-order valence-corrected chi connectivity index (χ0v) is 14.2. The Morgan fingerprint density at radius 1 is 1.32 bits per heavy atom. The average molecular weight is 321 g/mol. The van der Waals surface area contributed by atoms with Crippen LogP contribution in [0.3, 0.4) is 0 Å². The number of nitrogens with zero attached hydrogens (tertiary/aromatic N) is 1. The van der Waals surface area contributed by atoms with E-state index in [-0.39, 0.29) is 5.91 Å². The summed E-state index contributed by atoms with van der Waals surface area (Å²) in [7, 11) is 0. The molecule has 2 rings (SSSR count). The zero-order chi connectivity index (χ0) is 15.8. The van der Waals surface area contributed by atoms with Gasteiger partial charge in [-0.15, -0.1) is 0 Å². The Labute approximate surface area is 137 Å². The molecule has 122 valence electrons. The van der Waals surface area contributed by atoms with E-state index < -0.39 is 6.04 Å². The van der Waals surface area contributed by atoms with Crippen LogP contribution in [-0.4, -0.2) is 48.0 Å². The molecule has 0 spiro atoms. The van der Waals surface area contributed by atoms with Crippen molar-refractivity contribution >= 4 is 23.4 Å². The second-order valence-electron chi connectivity index (χ2n) is 5.79. The molecule has 1 aromatic rings. The summed E-state index contributed by atoms with van der Waals surface area (Å²) in [5.74, 6) is 2.41. The Balaban J connectivity index is 1.78. The Bertz CT molecular complexity index is 457. The number of nitrogens with two attached hydrogens (primary N) is 1. The Morgan fingerprint density at radius 2 is 2.00 bits per heavy atom. The van der Waals surface area contributed by atoms with E-state index in [9.17, 15) is 4.79 Å². The molecule has 1 saturated heterocycles. The first kappa shape index (κ1) is 17.3. The molecule has 0 bridgehead atoms. The third-order valence-corrected chi connectivity index (χ3v) is 4.92. The van der Waals surface area contributed by atoms with Crippen LogP contribution in [0.5, 0.6) is 0 Å². The first-order valence-electron chi connectivity index (χ1n) is 8.14. The molecule has 4 nitrogen and oxygen atoms in total. The lowest BCUT2D eigenvalue weighted by Crippen LogP contribution is -2.35. The van der Waals surface area contributed by atoms with E-state index in [1.165, 1.54) is 30.2 Å². The third kappa shape index (κ3) is 5.63. The van der Waals surface area contributed by atoms with Crippen LogP contribution in [0.2, 0.25) is 0 Å². The predicted molar refractivity (Wildman–Crippen MR) is 95.4 cm³/mol. The number of anilines is 1. The molecule has 3 N–H and O–H groups in total. The number of thioether (sulfide) groups is 1. The highest BCUT2D eigenvalue weighted by Crippen LogP contribution is 2.13. The second-order valence-corrected chi connectivity index (χ2v) is 7.01. The number of carbonyl (C=O) groups is 1. The van der Waals surface area contributed by atoms with Gasteiger partial charge in [0, 0.05) is 36.8 Å². The maximum atomic E-state index is 11.9. The van der Waals surface area contributed by atoms with Crippen molar-refractivity contribution in [2.24, 2.45) is 5.73 Å². The van der Waals surface area contributed by atoms with Gasteiger partial charge < -0.3 is 16.0 Å². The van der Waals surface area contributed by atoms with Crippen molar-refractivity contribution < 1.29 is 4.79 Å². The Kier molecular flexibility index (Phi) is 7.22. The smallest absolute Gasteiger partial charge is 0.241 e. The first-order chi connectivity index (χ1) is 10.7. The van der Waals surface area contributed by atoms with Gasteiger partial charge in [-0.1, -0.05) is 25.5 Å². The molecule has 1 heterocycles. The maximum absolute atomic E-state index is 11.9. The maximum Gasteiger partial charge on any atom is 0.241 e. The van der Waals surface area contributed by atoms with Crippen LogP contribution in [0.25, 0.3) is 0 Å². The van der Waals surface area contributed by atoms with Crippen LogP contribution in [0, 0.1) is 0 Å². The van der Waals surface area contributed by atoms with Gasteiger partial charge in [0.1, 0.15) is 0 Å². The third-order valence-electron chi connectivity index (χ3n) is 3.98. The molecule has 5 heteroatoms. The van der Waals surface area contributed by atoms with E-state index in [0.717, 1.165) is 31.5 Å². The number of amides is 1. The summed E-state index contributed by atoms with van der Waals surface area (Å²) in [6, 6.07) is 7.72. The summed E-state index contributed by atoms with van der Waals surface area (Å²) >= 11 is 2.04. The van der Waals surface area contributed by atoms with Gasteiger partial charge in [0.15, 0.2) is 0 Å². The minimum Gasteiger partial charge on any atom is -0.325 e. The van der Waals surface area contributed by atoms with E-state index in [2.05, 4.69) is 22.3 Å². The number of hydrogen-bond donors (Lipinski definition) is 2. The normalized spacial score (nSPS) is 17.2. The Hall–Kier alpha value is -1.04. The van der Waals surface area contributed by atoms with Gasteiger partial charge in [0.05, 0.1) is 6.04 Å².